The molecule has 0 fully saturated rings. The summed E-state index contributed by atoms with van der Waals surface area (Å²) in [6, 6.07) is 1.61. The fourth-order valence-corrected chi connectivity index (χ4v) is 2.11. The van der Waals surface area contributed by atoms with Gasteiger partial charge in [-0.3, -0.25) is 4.79 Å². The van der Waals surface area contributed by atoms with Crippen LogP contribution in [0.25, 0.3) is 0 Å². The van der Waals surface area contributed by atoms with Crippen molar-refractivity contribution in [1.29, 1.82) is 0 Å². The molecule has 1 aliphatic heterocycles. The molecule has 0 saturated carbocycles. The number of ketones is 1. The average Bonchev–Trinajstić information content (AvgIpc) is 2.66. The number of rotatable bonds is 3. The summed E-state index contributed by atoms with van der Waals surface area (Å²) in [6.45, 7) is 2.27. The molecule has 1 aromatic carbocycles. The van der Waals surface area contributed by atoms with Crippen molar-refractivity contribution < 1.29 is 14.3 Å². The van der Waals surface area contributed by atoms with E-state index < -0.39 is 0 Å². The fourth-order valence-electron chi connectivity index (χ4n) is 1.77. The van der Waals surface area contributed by atoms with Crippen LogP contribution in [0, 0.1) is 6.92 Å². The van der Waals surface area contributed by atoms with Crippen molar-refractivity contribution in [2.75, 3.05) is 13.3 Å². The summed E-state index contributed by atoms with van der Waals surface area (Å²) in [6.07, 6.45) is 0.278. The molecule has 0 radical (unpaired) electrons. The van der Waals surface area contributed by atoms with Gasteiger partial charge >= 0.3 is 0 Å². The first-order chi connectivity index (χ1) is 7.65. The number of ether oxygens (including phenoxy) is 2. The average molecular weight is 242 g/mol. The summed E-state index contributed by atoms with van der Waals surface area (Å²) in [5.74, 6) is 1.12. The van der Waals surface area contributed by atoms with Crippen molar-refractivity contribution in [3.8, 4) is 11.5 Å². The predicted octanol–water partition coefficient (Wildman–Crippen LogP) is 1.91. The van der Waals surface area contributed by atoms with Crippen molar-refractivity contribution in [1.82, 2.24) is 0 Å². The highest BCUT2D eigenvalue weighted by atomic mass is 35.5. The Morgan fingerprint density at radius 3 is 3.00 bits per heavy atom. The fraction of sp³-hybridized carbons (Fsp3) is 0.364. The third-order valence-corrected chi connectivity index (χ3v) is 2.80. The largest absolute Gasteiger partial charge is 0.454 e. The van der Waals surface area contributed by atoms with E-state index in [-0.39, 0.29) is 19.0 Å². The van der Waals surface area contributed by atoms with Crippen LogP contribution in [-0.4, -0.2) is 19.1 Å². The molecule has 0 unspecified atom stereocenters. The molecule has 0 atom stereocenters. The Morgan fingerprint density at radius 2 is 2.31 bits per heavy atom. The quantitative estimate of drug-likeness (QED) is 0.822. The van der Waals surface area contributed by atoms with Gasteiger partial charge in [0.05, 0.1) is 5.02 Å². The van der Waals surface area contributed by atoms with Gasteiger partial charge in [-0.2, -0.15) is 0 Å². The van der Waals surface area contributed by atoms with E-state index in [1.165, 1.54) is 0 Å². The van der Waals surface area contributed by atoms with Gasteiger partial charge in [0.25, 0.3) is 0 Å². The van der Waals surface area contributed by atoms with Crippen LogP contribution in [0.4, 0.5) is 0 Å². The zero-order valence-electron chi connectivity index (χ0n) is 8.88. The summed E-state index contributed by atoms with van der Waals surface area (Å²) in [4.78, 5) is 11.8. The topological polar surface area (TPSA) is 61.6 Å². The Labute approximate surface area is 98.3 Å². The molecule has 0 aromatic heterocycles. The van der Waals surface area contributed by atoms with E-state index in [0.717, 1.165) is 5.56 Å². The molecule has 2 N–H and O–H groups in total. The van der Waals surface area contributed by atoms with Gasteiger partial charge in [0.15, 0.2) is 17.3 Å². The van der Waals surface area contributed by atoms with E-state index in [0.29, 0.717) is 28.6 Å². The zero-order chi connectivity index (χ0) is 11.7. The summed E-state index contributed by atoms with van der Waals surface area (Å²) in [5.41, 5.74) is 6.56. The highest BCUT2D eigenvalue weighted by Gasteiger charge is 2.24. The second-order valence-electron chi connectivity index (χ2n) is 3.55. The summed E-state index contributed by atoms with van der Waals surface area (Å²) < 4.78 is 10.5. The highest BCUT2D eigenvalue weighted by Crippen LogP contribution is 2.41. The monoisotopic (exact) mass is 241 g/mol. The molecule has 2 rings (SSSR count). The molecular weight excluding hydrogens is 230 g/mol. The van der Waals surface area contributed by atoms with E-state index in [1.807, 2.05) is 0 Å². The van der Waals surface area contributed by atoms with Gasteiger partial charge in [-0.25, -0.2) is 0 Å². The molecule has 0 aliphatic carbocycles. The molecule has 5 heteroatoms. The molecule has 0 amide bonds. The van der Waals surface area contributed by atoms with Gasteiger partial charge in [0, 0.05) is 23.6 Å². The number of benzene rings is 1. The van der Waals surface area contributed by atoms with Crippen molar-refractivity contribution in [2.24, 2.45) is 5.73 Å². The van der Waals surface area contributed by atoms with Crippen molar-refractivity contribution in [3.05, 3.63) is 22.2 Å². The van der Waals surface area contributed by atoms with Crippen molar-refractivity contribution >= 4 is 17.4 Å². The second kappa shape index (κ2) is 4.31. The Bertz CT molecular complexity index is 445. The molecule has 1 aliphatic rings. The Morgan fingerprint density at radius 1 is 1.56 bits per heavy atom. The number of nitrogens with two attached hydrogens (primary N) is 1. The SMILES string of the molecule is Cc1c2c(cc(Cl)c1C(=O)CCN)OCO2. The minimum absolute atomic E-state index is 0.0664. The lowest BCUT2D eigenvalue weighted by atomic mass is 10.0. The van der Waals surface area contributed by atoms with Crippen LogP contribution in [0.2, 0.25) is 5.02 Å². The number of hydrogen-bond donors (Lipinski definition) is 1. The predicted molar refractivity (Wildman–Crippen MR) is 60.3 cm³/mol. The molecular formula is C11H12ClNO3. The Hall–Kier alpha value is -1.26. The second-order valence-corrected chi connectivity index (χ2v) is 3.96. The van der Waals surface area contributed by atoms with Crippen LogP contribution in [0.5, 0.6) is 11.5 Å². The molecule has 0 saturated heterocycles. The van der Waals surface area contributed by atoms with Gasteiger partial charge < -0.3 is 15.2 Å². The van der Waals surface area contributed by atoms with Crippen LogP contribution < -0.4 is 15.2 Å². The summed E-state index contributed by atoms with van der Waals surface area (Å²) >= 11 is 6.05. The summed E-state index contributed by atoms with van der Waals surface area (Å²) in [5, 5.41) is 0.389. The first-order valence-electron chi connectivity index (χ1n) is 4.97. The number of halogens is 1. The number of Topliss-reactive ketones (excluding diaryl/α,β-unsaturated/α-hetero) is 1. The smallest absolute Gasteiger partial charge is 0.231 e. The van der Waals surface area contributed by atoms with Gasteiger partial charge in [0.2, 0.25) is 6.79 Å². The summed E-state index contributed by atoms with van der Waals surface area (Å²) in [7, 11) is 0. The van der Waals surface area contributed by atoms with E-state index >= 15 is 0 Å². The molecule has 4 nitrogen and oxygen atoms in total. The molecule has 1 aromatic rings. The van der Waals surface area contributed by atoms with Crippen molar-refractivity contribution in [2.45, 2.75) is 13.3 Å². The minimum atomic E-state index is -0.0664. The lowest BCUT2D eigenvalue weighted by molar-refractivity contribution is 0.0984. The van der Waals surface area contributed by atoms with E-state index in [4.69, 9.17) is 26.8 Å². The lowest BCUT2D eigenvalue weighted by Crippen LogP contribution is -2.10. The third-order valence-electron chi connectivity index (χ3n) is 2.50. The van der Waals surface area contributed by atoms with E-state index in [2.05, 4.69) is 0 Å². The normalized spacial score (nSPS) is 12.9. The van der Waals surface area contributed by atoms with Gasteiger partial charge in [-0.05, 0) is 13.5 Å². The van der Waals surface area contributed by atoms with Crippen molar-refractivity contribution in [3.63, 3.8) is 0 Å². The van der Waals surface area contributed by atoms with E-state index in [9.17, 15) is 4.79 Å². The maximum atomic E-state index is 11.8. The van der Waals surface area contributed by atoms with Gasteiger partial charge in [-0.1, -0.05) is 11.6 Å². The molecule has 0 bridgehead atoms. The van der Waals surface area contributed by atoms with Gasteiger partial charge in [0.1, 0.15) is 0 Å². The highest BCUT2D eigenvalue weighted by molar-refractivity contribution is 6.34. The maximum absolute atomic E-state index is 11.8. The number of hydrogen-bond acceptors (Lipinski definition) is 4. The van der Waals surface area contributed by atoms with Crippen LogP contribution in [0.3, 0.4) is 0 Å². The standard InChI is InChI=1S/C11H12ClNO3/c1-6-10(8(14)2-3-13)7(12)4-9-11(6)16-5-15-9/h4H,2-3,5,13H2,1H3. The van der Waals surface area contributed by atoms with Crippen LogP contribution in [0.15, 0.2) is 6.07 Å². The third kappa shape index (κ3) is 1.74. The van der Waals surface area contributed by atoms with Crippen LogP contribution in [0.1, 0.15) is 22.3 Å². The van der Waals surface area contributed by atoms with Gasteiger partial charge in [-0.15, -0.1) is 0 Å². The molecule has 16 heavy (non-hydrogen) atoms. The maximum Gasteiger partial charge on any atom is 0.231 e. The minimum Gasteiger partial charge on any atom is -0.454 e. The Kier molecular flexibility index (Phi) is 3.03. The zero-order valence-corrected chi connectivity index (χ0v) is 9.63. The first kappa shape index (κ1) is 11.2. The Balaban J connectivity index is 2.50. The first-order valence-corrected chi connectivity index (χ1v) is 5.35. The molecule has 86 valence electrons. The lowest BCUT2D eigenvalue weighted by Gasteiger charge is -2.09. The number of carbonyl (C=O) groups excluding carboxylic acids is 1. The molecule has 1 heterocycles. The van der Waals surface area contributed by atoms with Crippen LogP contribution >= 0.6 is 11.6 Å². The number of carbonyl (C=O) groups is 1. The number of fused-ring (bicyclic) bond motifs is 1. The molecule has 0 spiro atoms. The van der Waals surface area contributed by atoms with Crippen LogP contribution in [-0.2, 0) is 0 Å². The van der Waals surface area contributed by atoms with E-state index in [1.54, 1.807) is 13.0 Å².